The van der Waals surface area contributed by atoms with E-state index in [0.29, 0.717) is 12.1 Å². The number of alkyl halides is 1. The number of nitrogens with one attached hydrogen (secondary N) is 2. The minimum Gasteiger partial charge on any atom is -0.381 e. The van der Waals surface area contributed by atoms with E-state index >= 15 is 0 Å². The fraction of sp³-hybridized carbons (Fsp3) is 0.550. The van der Waals surface area contributed by atoms with Gasteiger partial charge in [-0.05, 0) is 49.3 Å². The lowest BCUT2D eigenvalue weighted by Crippen LogP contribution is -2.14. The van der Waals surface area contributed by atoms with Crippen LogP contribution in [0.1, 0.15) is 43.4 Å². The number of fused-ring (bicyclic) bond motifs is 1. The van der Waals surface area contributed by atoms with Crippen LogP contribution in [0.15, 0.2) is 23.2 Å². The highest BCUT2D eigenvalue weighted by Gasteiger charge is 2.22. The minimum absolute atomic E-state index is 0.487. The fourth-order valence-electron chi connectivity index (χ4n) is 3.91. The van der Waals surface area contributed by atoms with E-state index in [2.05, 4.69) is 57.3 Å². The molecular formula is C20H26IN3S2. The Morgan fingerprint density at radius 3 is 2.92 bits per heavy atom. The number of H-pyrrole nitrogens is 1. The van der Waals surface area contributed by atoms with E-state index in [0.717, 1.165) is 11.5 Å². The largest absolute Gasteiger partial charge is 0.381 e. The summed E-state index contributed by atoms with van der Waals surface area (Å²) in [5, 5.41) is 6.33. The van der Waals surface area contributed by atoms with Crippen LogP contribution in [-0.4, -0.2) is 38.5 Å². The Labute approximate surface area is 178 Å². The number of rotatable bonds is 7. The molecule has 0 spiro atoms. The lowest BCUT2D eigenvalue weighted by atomic mass is 10.1. The zero-order valence-electron chi connectivity index (χ0n) is 15.2. The first-order valence-corrected chi connectivity index (χ1v) is 13.4. The lowest BCUT2D eigenvalue weighted by Gasteiger charge is -2.15. The molecule has 0 unspecified atom stereocenters. The highest BCUT2D eigenvalue weighted by molar-refractivity contribution is 14.1. The van der Waals surface area contributed by atoms with Crippen LogP contribution >= 0.6 is 46.1 Å². The van der Waals surface area contributed by atoms with E-state index in [9.17, 15) is 0 Å². The molecule has 2 N–H and O–H groups in total. The van der Waals surface area contributed by atoms with Crippen LogP contribution in [0.25, 0.3) is 10.9 Å². The van der Waals surface area contributed by atoms with Crippen LogP contribution in [0.4, 0.5) is 5.69 Å². The number of hydrogen-bond donors (Lipinski definition) is 2. The molecule has 1 atom stereocenters. The van der Waals surface area contributed by atoms with Gasteiger partial charge in [0.25, 0.3) is 0 Å². The predicted molar refractivity (Wildman–Crippen MR) is 128 cm³/mol. The highest BCUT2D eigenvalue weighted by atomic mass is 127. The third-order valence-corrected chi connectivity index (χ3v) is 7.59. The number of aromatic nitrogens is 1. The van der Waals surface area contributed by atoms with E-state index in [1.165, 1.54) is 69.4 Å². The first-order chi connectivity index (χ1) is 12.8. The number of aromatic amines is 1. The van der Waals surface area contributed by atoms with Crippen LogP contribution in [0.2, 0.25) is 0 Å². The van der Waals surface area contributed by atoms with Crippen molar-refractivity contribution in [1.29, 1.82) is 0 Å². The number of nitrogens with zero attached hydrogens (tertiary/aromatic N) is 1. The Morgan fingerprint density at radius 1 is 1.31 bits per heavy atom. The summed E-state index contributed by atoms with van der Waals surface area (Å²) in [7, 11) is 0. The van der Waals surface area contributed by atoms with Crippen molar-refractivity contribution in [1.82, 2.24) is 4.98 Å². The number of thioether (sulfide) groups is 2. The fourth-order valence-corrected chi connectivity index (χ4v) is 6.21. The van der Waals surface area contributed by atoms with E-state index in [1.807, 2.05) is 23.5 Å². The van der Waals surface area contributed by atoms with Gasteiger partial charge in [0, 0.05) is 27.4 Å². The van der Waals surface area contributed by atoms with Crippen LogP contribution in [0.5, 0.6) is 0 Å². The average Bonchev–Trinajstić information content (AvgIpc) is 3.35. The molecule has 2 heterocycles. The maximum atomic E-state index is 4.95. The van der Waals surface area contributed by atoms with Gasteiger partial charge in [-0.25, -0.2) is 0 Å². The van der Waals surface area contributed by atoms with Crippen molar-refractivity contribution in [2.24, 2.45) is 4.99 Å². The topological polar surface area (TPSA) is 40.2 Å². The summed E-state index contributed by atoms with van der Waals surface area (Å²) in [6.45, 7) is 0. The molecule has 1 aliphatic carbocycles. The molecule has 0 saturated heterocycles. The van der Waals surface area contributed by atoms with Crippen LogP contribution in [0.3, 0.4) is 0 Å². The molecule has 26 heavy (non-hydrogen) atoms. The molecule has 1 saturated carbocycles. The summed E-state index contributed by atoms with van der Waals surface area (Å²) in [4.78, 5) is 8.64. The van der Waals surface area contributed by atoms with Gasteiger partial charge in [0.1, 0.15) is 5.04 Å². The molecular weight excluding hydrogens is 473 g/mol. The van der Waals surface area contributed by atoms with Crippen LogP contribution < -0.4 is 5.32 Å². The van der Waals surface area contributed by atoms with E-state index in [1.54, 1.807) is 0 Å². The van der Waals surface area contributed by atoms with E-state index in [4.69, 9.17) is 4.99 Å². The van der Waals surface area contributed by atoms with Gasteiger partial charge in [-0.3, -0.25) is 4.99 Å². The van der Waals surface area contributed by atoms with Crippen molar-refractivity contribution in [3.63, 3.8) is 0 Å². The molecule has 6 heteroatoms. The Hall–Kier alpha value is -0.340. The molecule has 0 amide bonds. The standard InChI is InChI=1S/C20H26IN3S2/c1-25-11-13-8-14-10-18(20-23-16(6-7-21)12-26-20)24-19(14)17(9-13)22-15-4-2-3-5-15/h8-10,15-16,22,24H,2-7,11-12H2,1H3/t16-/m1/s1. The van der Waals surface area contributed by atoms with Crippen molar-refractivity contribution in [2.45, 2.75) is 49.9 Å². The smallest absolute Gasteiger partial charge is 0.114 e. The number of halogens is 1. The van der Waals surface area contributed by atoms with Crippen molar-refractivity contribution in [2.75, 3.05) is 21.8 Å². The normalized spacial score (nSPS) is 20.8. The van der Waals surface area contributed by atoms with Crippen molar-refractivity contribution in [3.8, 4) is 0 Å². The van der Waals surface area contributed by atoms with E-state index < -0.39 is 0 Å². The Balaban J connectivity index is 1.67. The summed E-state index contributed by atoms with van der Waals surface area (Å²) in [5.74, 6) is 2.18. The van der Waals surface area contributed by atoms with E-state index in [-0.39, 0.29) is 0 Å². The zero-order valence-corrected chi connectivity index (χ0v) is 19.0. The molecule has 0 radical (unpaired) electrons. The van der Waals surface area contributed by atoms with Crippen molar-refractivity contribution in [3.05, 3.63) is 29.5 Å². The van der Waals surface area contributed by atoms with Crippen molar-refractivity contribution >= 4 is 67.7 Å². The predicted octanol–water partition coefficient (Wildman–Crippen LogP) is 6.07. The molecule has 1 aromatic heterocycles. The zero-order chi connectivity index (χ0) is 17.9. The number of anilines is 1. The average molecular weight is 499 g/mol. The first kappa shape index (κ1) is 19.0. The molecule has 1 aliphatic heterocycles. The molecule has 2 aromatic rings. The summed E-state index contributed by atoms with van der Waals surface area (Å²) >= 11 is 6.24. The third-order valence-electron chi connectivity index (χ3n) is 5.20. The maximum absolute atomic E-state index is 4.95. The molecule has 3 nitrogen and oxygen atoms in total. The Bertz CT molecular complexity index is 796. The number of hydrogen-bond acceptors (Lipinski definition) is 4. The lowest BCUT2D eigenvalue weighted by molar-refractivity contribution is 0.751. The molecule has 0 bridgehead atoms. The molecule has 140 valence electrons. The monoisotopic (exact) mass is 499 g/mol. The SMILES string of the molecule is CSCc1cc(NC2CCCC2)c2[nH]c(C3=N[C@H](CCI)CS3)cc2c1. The number of benzene rings is 1. The summed E-state index contributed by atoms with van der Waals surface area (Å²) in [5.41, 5.74) is 5.12. The molecule has 1 fully saturated rings. The van der Waals surface area contributed by atoms with Crippen LogP contribution in [0, 0.1) is 0 Å². The number of aliphatic imine (C=N–C) groups is 1. The first-order valence-electron chi connectivity index (χ1n) is 9.45. The quantitative estimate of drug-likeness (QED) is 0.359. The highest BCUT2D eigenvalue weighted by Crippen LogP contribution is 2.33. The molecule has 2 aliphatic rings. The Morgan fingerprint density at radius 2 is 2.15 bits per heavy atom. The summed E-state index contributed by atoms with van der Waals surface area (Å²) < 4.78 is 1.18. The van der Waals surface area contributed by atoms with Gasteiger partial charge in [0.05, 0.1) is 22.9 Å². The second-order valence-corrected chi connectivity index (χ2v) is 10.2. The van der Waals surface area contributed by atoms with Gasteiger partial charge in [-0.15, -0.1) is 11.8 Å². The Kier molecular flexibility index (Phi) is 6.41. The summed E-state index contributed by atoms with van der Waals surface area (Å²) in [6, 6.07) is 8.10. The van der Waals surface area contributed by atoms with Gasteiger partial charge in [-0.1, -0.05) is 35.4 Å². The van der Waals surface area contributed by atoms with Gasteiger partial charge in [0.2, 0.25) is 0 Å². The second-order valence-electron chi connectivity index (χ2n) is 7.23. The third kappa shape index (κ3) is 4.22. The van der Waals surface area contributed by atoms with Crippen molar-refractivity contribution < 1.29 is 0 Å². The van der Waals surface area contributed by atoms with Gasteiger partial charge in [-0.2, -0.15) is 11.8 Å². The molecule has 1 aromatic carbocycles. The van der Waals surface area contributed by atoms with Gasteiger partial charge >= 0.3 is 0 Å². The van der Waals surface area contributed by atoms with Gasteiger partial charge in [0.15, 0.2) is 0 Å². The maximum Gasteiger partial charge on any atom is 0.114 e. The second kappa shape index (κ2) is 8.78. The van der Waals surface area contributed by atoms with Crippen LogP contribution in [-0.2, 0) is 5.75 Å². The summed E-state index contributed by atoms with van der Waals surface area (Å²) in [6.07, 6.45) is 8.65. The minimum atomic E-state index is 0.487. The van der Waals surface area contributed by atoms with Gasteiger partial charge < -0.3 is 10.3 Å². The molecule has 4 rings (SSSR count).